The molecule has 1 aliphatic heterocycles. The van der Waals surface area contributed by atoms with Gasteiger partial charge in [0.25, 0.3) is 0 Å². The van der Waals surface area contributed by atoms with E-state index in [1.165, 1.54) is 6.08 Å². The topological polar surface area (TPSA) is 109 Å². The van der Waals surface area contributed by atoms with Gasteiger partial charge in [-0.2, -0.15) is 21.0 Å². The molecule has 1 N–H and O–H groups in total. The molecule has 1 unspecified atom stereocenters. The van der Waals surface area contributed by atoms with Gasteiger partial charge in [-0.05, 0) is 30.0 Å². The van der Waals surface area contributed by atoms with E-state index >= 15 is 0 Å². The van der Waals surface area contributed by atoms with Gasteiger partial charge in [0.1, 0.15) is 0 Å². The van der Waals surface area contributed by atoms with Crippen LogP contribution in [0.15, 0.2) is 57.1 Å². The standard InChI is InChI=1S/C22H25N5O4S2/c1-17(25-33(29,30)14-8-18-5-3-2-4-6-18)22(28)27-11-9-26(10-12-27)15-20-23-21(24-31-20)19-7-13-32-16-19/h2-8,13-14,16-17,25H,9-12,15H2,1H3/b14-8+. The first-order valence-electron chi connectivity index (χ1n) is 10.5. The number of aromatic nitrogens is 2. The summed E-state index contributed by atoms with van der Waals surface area (Å²) in [5.74, 6) is 0.855. The third-order valence-corrected chi connectivity index (χ3v) is 7.10. The zero-order valence-corrected chi connectivity index (χ0v) is 19.8. The number of hydrogen-bond donors (Lipinski definition) is 1. The van der Waals surface area contributed by atoms with Gasteiger partial charge in [0, 0.05) is 42.5 Å². The highest BCUT2D eigenvalue weighted by atomic mass is 32.2. The van der Waals surface area contributed by atoms with E-state index in [2.05, 4.69) is 19.8 Å². The van der Waals surface area contributed by atoms with Crippen LogP contribution in [0.1, 0.15) is 18.4 Å². The van der Waals surface area contributed by atoms with Crippen molar-refractivity contribution < 1.29 is 17.7 Å². The molecule has 2 aromatic heterocycles. The van der Waals surface area contributed by atoms with Crippen LogP contribution in [0.25, 0.3) is 17.5 Å². The molecule has 1 atom stereocenters. The summed E-state index contributed by atoms with van der Waals surface area (Å²) in [6, 6.07) is 10.2. The Morgan fingerprint density at radius 2 is 1.97 bits per heavy atom. The van der Waals surface area contributed by atoms with Gasteiger partial charge in [-0.15, -0.1) is 0 Å². The second kappa shape index (κ2) is 10.4. The number of sulfonamides is 1. The van der Waals surface area contributed by atoms with Gasteiger partial charge >= 0.3 is 0 Å². The van der Waals surface area contributed by atoms with Gasteiger partial charge in [0.15, 0.2) is 0 Å². The van der Waals surface area contributed by atoms with Crippen molar-refractivity contribution in [2.75, 3.05) is 26.2 Å². The molecule has 11 heteroatoms. The van der Waals surface area contributed by atoms with Crippen molar-refractivity contribution in [3.8, 4) is 11.4 Å². The molecule has 4 rings (SSSR count). The number of nitrogens with zero attached hydrogens (tertiary/aromatic N) is 4. The predicted molar refractivity (Wildman–Crippen MR) is 126 cm³/mol. The van der Waals surface area contributed by atoms with E-state index in [0.717, 1.165) is 16.5 Å². The van der Waals surface area contributed by atoms with Gasteiger partial charge in [0.2, 0.25) is 27.6 Å². The minimum absolute atomic E-state index is 0.246. The molecule has 9 nitrogen and oxygen atoms in total. The lowest BCUT2D eigenvalue weighted by Gasteiger charge is -2.35. The maximum absolute atomic E-state index is 12.8. The molecule has 0 saturated carbocycles. The molecule has 0 bridgehead atoms. The number of nitrogens with one attached hydrogen (secondary N) is 1. The van der Waals surface area contributed by atoms with Crippen molar-refractivity contribution in [1.29, 1.82) is 0 Å². The Bertz CT molecular complexity index is 1180. The van der Waals surface area contributed by atoms with Crippen molar-refractivity contribution in [2.24, 2.45) is 0 Å². The van der Waals surface area contributed by atoms with E-state index in [-0.39, 0.29) is 5.91 Å². The molecular weight excluding hydrogens is 462 g/mol. The molecule has 1 amide bonds. The number of carbonyl (C=O) groups is 1. The smallest absolute Gasteiger partial charge is 0.241 e. The fraction of sp³-hybridized carbons (Fsp3) is 0.318. The van der Waals surface area contributed by atoms with Gasteiger partial charge in [-0.3, -0.25) is 9.69 Å². The minimum Gasteiger partial charge on any atom is -0.339 e. The Morgan fingerprint density at radius 1 is 1.21 bits per heavy atom. The lowest BCUT2D eigenvalue weighted by molar-refractivity contribution is -0.134. The molecule has 3 aromatic rings. The molecule has 3 heterocycles. The maximum atomic E-state index is 12.8. The third kappa shape index (κ3) is 6.35. The van der Waals surface area contributed by atoms with Crippen LogP contribution in [0.2, 0.25) is 0 Å². The predicted octanol–water partition coefficient (Wildman–Crippen LogP) is 2.42. The zero-order chi connectivity index (χ0) is 23.3. The number of benzene rings is 1. The van der Waals surface area contributed by atoms with Crippen LogP contribution >= 0.6 is 11.3 Å². The second-order valence-corrected chi connectivity index (χ2v) is 10.1. The first kappa shape index (κ1) is 23.3. The van der Waals surface area contributed by atoms with Gasteiger partial charge in [0.05, 0.1) is 12.6 Å². The molecule has 1 aromatic carbocycles. The number of piperazine rings is 1. The molecule has 1 aliphatic rings. The van der Waals surface area contributed by atoms with E-state index in [1.807, 2.05) is 35.0 Å². The van der Waals surface area contributed by atoms with E-state index < -0.39 is 16.1 Å². The molecular formula is C22H25N5O4S2. The van der Waals surface area contributed by atoms with Gasteiger partial charge < -0.3 is 9.42 Å². The van der Waals surface area contributed by atoms with Crippen molar-refractivity contribution in [2.45, 2.75) is 19.5 Å². The number of hydrogen-bond acceptors (Lipinski definition) is 8. The third-order valence-electron chi connectivity index (χ3n) is 5.24. The van der Waals surface area contributed by atoms with Crippen molar-refractivity contribution in [1.82, 2.24) is 24.7 Å². The quantitative estimate of drug-likeness (QED) is 0.520. The first-order chi connectivity index (χ1) is 15.9. The molecule has 0 radical (unpaired) electrons. The summed E-state index contributed by atoms with van der Waals surface area (Å²) in [5.41, 5.74) is 1.70. The van der Waals surface area contributed by atoms with Crippen molar-refractivity contribution >= 4 is 33.3 Å². The average Bonchev–Trinajstić information content (AvgIpc) is 3.50. The lowest BCUT2D eigenvalue weighted by Crippen LogP contribution is -2.53. The molecule has 0 aliphatic carbocycles. The van der Waals surface area contributed by atoms with Crippen LogP contribution in [0.4, 0.5) is 0 Å². The SMILES string of the molecule is CC(NS(=O)(=O)/C=C/c1ccccc1)C(=O)N1CCN(Cc2nc(-c3ccsc3)no2)CC1. The molecule has 174 valence electrons. The van der Waals surface area contributed by atoms with Gasteiger partial charge in [-0.1, -0.05) is 35.5 Å². The lowest BCUT2D eigenvalue weighted by atomic mass is 10.2. The number of rotatable bonds is 8. The van der Waals surface area contributed by atoms with Crippen molar-refractivity contribution in [3.63, 3.8) is 0 Å². The summed E-state index contributed by atoms with van der Waals surface area (Å²) in [4.78, 5) is 21.0. The summed E-state index contributed by atoms with van der Waals surface area (Å²) >= 11 is 1.57. The van der Waals surface area contributed by atoms with E-state index in [0.29, 0.717) is 44.4 Å². The minimum atomic E-state index is -3.75. The Hall–Kier alpha value is -2.86. The van der Waals surface area contributed by atoms with Crippen molar-refractivity contribution in [3.05, 3.63) is 64.0 Å². The van der Waals surface area contributed by atoms with E-state index in [9.17, 15) is 13.2 Å². The number of carbonyl (C=O) groups excluding carboxylic acids is 1. The Balaban J connectivity index is 1.26. The normalized spacial score (nSPS) is 16.3. The number of amides is 1. The molecule has 33 heavy (non-hydrogen) atoms. The molecule has 1 fully saturated rings. The van der Waals surface area contributed by atoms with Crippen LogP contribution in [0.3, 0.4) is 0 Å². The fourth-order valence-electron chi connectivity index (χ4n) is 3.49. The monoisotopic (exact) mass is 487 g/mol. The van der Waals surface area contributed by atoms with Crippen LogP contribution in [0, 0.1) is 0 Å². The van der Waals surface area contributed by atoms with Crippen LogP contribution < -0.4 is 4.72 Å². The molecule has 0 spiro atoms. The van der Waals surface area contributed by atoms with E-state index in [1.54, 1.807) is 35.3 Å². The molecule has 1 saturated heterocycles. The fourth-order valence-corrected chi connectivity index (χ4v) is 5.13. The second-order valence-electron chi connectivity index (χ2n) is 7.72. The summed E-state index contributed by atoms with van der Waals surface area (Å²) in [6.07, 6.45) is 1.50. The Morgan fingerprint density at radius 3 is 2.67 bits per heavy atom. The van der Waals surface area contributed by atoms with Crippen LogP contribution in [-0.2, 0) is 21.4 Å². The highest BCUT2D eigenvalue weighted by Gasteiger charge is 2.27. The first-order valence-corrected chi connectivity index (χ1v) is 13.0. The summed E-state index contributed by atoms with van der Waals surface area (Å²) < 4.78 is 32.5. The highest BCUT2D eigenvalue weighted by Crippen LogP contribution is 2.19. The van der Waals surface area contributed by atoms with Crippen LogP contribution in [-0.4, -0.2) is 66.5 Å². The average molecular weight is 488 g/mol. The summed E-state index contributed by atoms with van der Waals surface area (Å²) in [5, 5.41) is 9.02. The maximum Gasteiger partial charge on any atom is 0.241 e. The Kier molecular flexibility index (Phi) is 7.33. The van der Waals surface area contributed by atoms with E-state index in [4.69, 9.17) is 4.52 Å². The largest absolute Gasteiger partial charge is 0.339 e. The summed E-state index contributed by atoms with van der Waals surface area (Å²) in [7, 11) is -3.75. The highest BCUT2D eigenvalue weighted by molar-refractivity contribution is 7.92. The summed E-state index contributed by atoms with van der Waals surface area (Å²) in [6.45, 7) is 4.33. The zero-order valence-electron chi connectivity index (χ0n) is 18.1. The Labute approximate surface area is 196 Å². The number of thiophene rings is 1. The van der Waals surface area contributed by atoms with Crippen LogP contribution in [0.5, 0.6) is 0 Å². The van der Waals surface area contributed by atoms with Gasteiger partial charge in [-0.25, -0.2) is 8.42 Å².